The first-order valence-corrected chi connectivity index (χ1v) is 5.24. The lowest BCUT2D eigenvalue weighted by Crippen LogP contribution is -1.94. The molecule has 0 aliphatic carbocycles. The first-order chi connectivity index (χ1) is 8.24. The molecule has 3 aromatic rings. The quantitative estimate of drug-likeness (QED) is 0.622. The molecule has 0 atom stereocenters. The highest BCUT2D eigenvalue weighted by Crippen LogP contribution is 2.20. The van der Waals surface area contributed by atoms with Crippen molar-refractivity contribution in [2.75, 3.05) is 0 Å². The number of halogens is 2. The largest absolute Gasteiger partial charge is 0.235 e. The van der Waals surface area contributed by atoms with Crippen LogP contribution in [0.5, 0.6) is 0 Å². The Bertz CT molecular complexity index is 678. The van der Waals surface area contributed by atoms with E-state index in [0.717, 1.165) is 11.3 Å². The van der Waals surface area contributed by atoms with Gasteiger partial charge in [0.05, 0.1) is 11.9 Å². The average Bonchev–Trinajstić information content (AvgIpc) is 2.73. The van der Waals surface area contributed by atoms with Gasteiger partial charge in [0.15, 0.2) is 5.65 Å². The molecule has 0 unspecified atom stereocenters. The van der Waals surface area contributed by atoms with E-state index in [1.54, 1.807) is 28.9 Å². The Labute approximate surface area is 101 Å². The van der Waals surface area contributed by atoms with Crippen molar-refractivity contribution >= 4 is 17.2 Å². The second-order valence-corrected chi connectivity index (χ2v) is 3.83. The van der Waals surface area contributed by atoms with E-state index in [1.807, 2.05) is 0 Å². The molecule has 3 rings (SSSR count). The molecule has 0 aliphatic heterocycles. The number of fused-ring (bicyclic) bond motifs is 1. The predicted octanol–water partition coefficient (Wildman–Crippen LogP) is 2.58. The zero-order valence-corrected chi connectivity index (χ0v) is 9.26. The molecule has 3 aromatic heterocycles. The fourth-order valence-electron chi connectivity index (χ4n) is 1.58. The first-order valence-electron chi connectivity index (χ1n) is 4.86. The van der Waals surface area contributed by atoms with E-state index >= 15 is 0 Å². The fourth-order valence-corrected chi connectivity index (χ4v) is 1.71. The highest BCUT2D eigenvalue weighted by Gasteiger charge is 2.07. The maximum Gasteiger partial charge on any atom is 0.212 e. The van der Waals surface area contributed by atoms with Gasteiger partial charge in [-0.15, -0.1) is 0 Å². The van der Waals surface area contributed by atoms with Crippen molar-refractivity contribution in [2.24, 2.45) is 0 Å². The minimum absolute atomic E-state index is 0.367. The summed E-state index contributed by atoms with van der Waals surface area (Å²) in [4.78, 5) is 7.77. The molecule has 0 saturated heterocycles. The van der Waals surface area contributed by atoms with E-state index in [-0.39, 0.29) is 0 Å². The molecule has 4 nitrogen and oxygen atoms in total. The molecule has 17 heavy (non-hydrogen) atoms. The van der Waals surface area contributed by atoms with Crippen LogP contribution >= 0.6 is 11.6 Å². The van der Waals surface area contributed by atoms with Crippen molar-refractivity contribution in [3.8, 4) is 11.3 Å². The molecule has 0 radical (unpaired) electrons. The highest BCUT2D eigenvalue weighted by atomic mass is 35.5. The Morgan fingerprint density at radius 3 is 2.71 bits per heavy atom. The van der Waals surface area contributed by atoms with Gasteiger partial charge < -0.3 is 0 Å². The summed E-state index contributed by atoms with van der Waals surface area (Å²) in [6.07, 6.45) is 3.08. The molecular weight excluding hydrogens is 243 g/mol. The van der Waals surface area contributed by atoms with Crippen LogP contribution in [0.1, 0.15) is 0 Å². The summed E-state index contributed by atoms with van der Waals surface area (Å²) in [5.41, 5.74) is 2.12. The molecule has 0 amide bonds. The van der Waals surface area contributed by atoms with Crippen LogP contribution in [0.2, 0.25) is 5.15 Å². The van der Waals surface area contributed by atoms with Gasteiger partial charge in [0.2, 0.25) is 5.95 Å². The molecule has 0 saturated carbocycles. The highest BCUT2D eigenvalue weighted by molar-refractivity contribution is 6.29. The summed E-state index contributed by atoms with van der Waals surface area (Å²) >= 11 is 5.82. The zero-order chi connectivity index (χ0) is 11.8. The molecule has 0 bridgehead atoms. The summed E-state index contributed by atoms with van der Waals surface area (Å²) < 4.78 is 14.3. The van der Waals surface area contributed by atoms with Crippen LogP contribution in [0.3, 0.4) is 0 Å². The third-order valence-corrected chi connectivity index (χ3v) is 2.55. The lowest BCUT2D eigenvalue weighted by atomic mass is 10.2. The molecule has 6 heteroatoms. The Balaban J connectivity index is 2.23. The third kappa shape index (κ3) is 1.74. The summed E-state index contributed by atoms with van der Waals surface area (Å²) in [5.74, 6) is -0.520. The van der Waals surface area contributed by atoms with Gasteiger partial charge in [-0.2, -0.15) is 9.49 Å². The summed E-state index contributed by atoms with van der Waals surface area (Å²) in [6, 6.07) is 6.33. The van der Waals surface area contributed by atoms with Gasteiger partial charge in [0.25, 0.3) is 0 Å². The number of pyridine rings is 1. The van der Waals surface area contributed by atoms with Gasteiger partial charge in [-0.05, 0) is 24.3 Å². The monoisotopic (exact) mass is 248 g/mol. The lowest BCUT2D eigenvalue weighted by Gasteiger charge is -2.00. The Morgan fingerprint density at radius 2 is 1.94 bits per heavy atom. The van der Waals surface area contributed by atoms with Gasteiger partial charge in [0.1, 0.15) is 5.15 Å². The SMILES string of the molecule is Fc1ccc(-c2cnc3ccc(Cl)nn23)cn1. The van der Waals surface area contributed by atoms with Crippen molar-refractivity contribution in [1.82, 2.24) is 19.6 Å². The van der Waals surface area contributed by atoms with Crippen LogP contribution in [-0.2, 0) is 0 Å². The minimum Gasteiger partial charge on any atom is -0.235 e. The molecule has 0 spiro atoms. The van der Waals surface area contributed by atoms with Crippen molar-refractivity contribution in [1.29, 1.82) is 0 Å². The van der Waals surface area contributed by atoms with Crippen molar-refractivity contribution < 1.29 is 4.39 Å². The second kappa shape index (κ2) is 3.78. The van der Waals surface area contributed by atoms with E-state index in [4.69, 9.17) is 11.6 Å². The Kier molecular flexibility index (Phi) is 2.26. The van der Waals surface area contributed by atoms with Gasteiger partial charge in [-0.25, -0.2) is 14.5 Å². The van der Waals surface area contributed by atoms with Crippen LogP contribution in [0, 0.1) is 5.95 Å². The van der Waals surface area contributed by atoms with Crippen LogP contribution in [0.15, 0.2) is 36.7 Å². The van der Waals surface area contributed by atoms with Crippen LogP contribution in [0.4, 0.5) is 4.39 Å². The van der Waals surface area contributed by atoms with Gasteiger partial charge in [-0.1, -0.05) is 11.6 Å². The number of hydrogen-bond donors (Lipinski definition) is 0. The van der Waals surface area contributed by atoms with E-state index in [9.17, 15) is 4.39 Å². The van der Waals surface area contributed by atoms with E-state index < -0.39 is 5.95 Å². The van der Waals surface area contributed by atoms with Gasteiger partial charge in [0, 0.05) is 11.8 Å². The first kappa shape index (κ1) is 10.2. The fraction of sp³-hybridized carbons (Fsp3) is 0. The van der Waals surface area contributed by atoms with Crippen molar-refractivity contribution in [3.63, 3.8) is 0 Å². The van der Waals surface area contributed by atoms with Crippen molar-refractivity contribution in [2.45, 2.75) is 0 Å². The number of rotatable bonds is 1. The van der Waals surface area contributed by atoms with Crippen LogP contribution in [-0.4, -0.2) is 19.6 Å². The lowest BCUT2D eigenvalue weighted by molar-refractivity contribution is 0.584. The Hall–Kier alpha value is -2.01. The molecule has 0 aliphatic rings. The second-order valence-electron chi connectivity index (χ2n) is 3.44. The number of hydrogen-bond acceptors (Lipinski definition) is 3. The summed E-state index contributed by atoms with van der Waals surface area (Å²) in [5, 5.41) is 4.50. The van der Waals surface area contributed by atoms with Gasteiger partial charge >= 0.3 is 0 Å². The summed E-state index contributed by atoms with van der Waals surface area (Å²) in [6.45, 7) is 0. The maximum absolute atomic E-state index is 12.7. The number of aromatic nitrogens is 4. The zero-order valence-electron chi connectivity index (χ0n) is 8.51. The van der Waals surface area contributed by atoms with Crippen molar-refractivity contribution in [3.05, 3.63) is 47.8 Å². The van der Waals surface area contributed by atoms with Gasteiger partial charge in [-0.3, -0.25) is 0 Å². The summed E-state index contributed by atoms with van der Waals surface area (Å²) in [7, 11) is 0. The Morgan fingerprint density at radius 1 is 1.06 bits per heavy atom. The van der Waals surface area contributed by atoms with Crippen LogP contribution < -0.4 is 0 Å². The van der Waals surface area contributed by atoms with Crippen LogP contribution in [0.25, 0.3) is 16.9 Å². The molecule has 0 N–H and O–H groups in total. The average molecular weight is 249 g/mol. The minimum atomic E-state index is -0.520. The molecule has 0 aromatic carbocycles. The maximum atomic E-state index is 12.7. The normalized spacial score (nSPS) is 10.9. The molecule has 3 heterocycles. The molecular formula is C11H6ClFN4. The topological polar surface area (TPSA) is 43.1 Å². The molecule has 0 fully saturated rings. The third-order valence-electron chi connectivity index (χ3n) is 2.35. The standard InChI is InChI=1S/C11H6ClFN4/c12-9-2-4-11-15-6-8(17(11)16-9)7-1-3-10(13)14-5-7/h1-6H. The molecule has 84 valence electrons. The smallest absolute Gasteiger partial charge is 0.212 e. The number of nitrogens with zero attached hydrogens (tertiary/aromatic N) is 4. The van der Waals surface area contributed by atoms with E-state index in [0.29, 0.717) is 10.8 Å². The predicted molar refractivity (Wildman–Crippen MR) is 61.2 cm³/mol. The van der Waals surface area contributed by atoms with E-state index in [2.05, 4.69) is 15.1 Å². The number of imidazole rings is 1. The van der Waals surface area contributed by atoms with E-state index in [1.165, 1.54) is 12.3 Å².